The van der Waals surface area contributed by atoms with E-state index in [1.807, 2.05) is 36.4 Å². The van der Waals surface area contributed by atoms with E-state index in [-0.39, 0.29) is 54.3 Å². The number of amides is 5. The second kappa shape index (κ2) is 13.7. The fourth-order valence-corrected chi connectivity index (χ4v) is 7.96. The summed E-state index contributed by atoms with van der Waals surface area (Å²) in [6.07, 6.45) is 4.63. The molecule has 5 amide bonds. The molecule has 0 spiro atoms. The van der Waals surface area contributed by atoms with Crippen LogP contribution < -0.4 is 20.7 Å². The average Bonchev–Trinajstić information content (AvgIpc) is 3.69. The number of likely N-dealkylation sites (tertiary alicyclic amines) is 1. The monoisotopic (exact) mass is 700 g/mol. The van der Waals surface area contributed by atoms with Crippen molar-refractivity contribution in [2.24, 2.45) is 5.92 Å². The van der Waals surface area contributed by atoms with Gasteiger partial charge in [-0.1, -0.05) is 24.3 Å². The van der Waals surface area contributed by atoms with E-state index in [0.29, 0.717) is 5.69 Å². The SMILES string of the molecule is O=C1CCC(N2C(=O)c3cccc(OCC(=O)Nc4cccc(-c5ccc6c(c5)[C@H]5[C@H](CCN5Cc5ccncc5)[C@@H](CO)N6)c4)c3C2=O)C(=O)N1. The lowest BCUT2D eigenvalue weighted by molar-refractivity contribution is -0.136. The van der Waals surface area contributed by atoms with Gasteiger partial charge < -0.3 is 20.5 Å². The fourth-order valence-electron chi connectivity index (χ4n) is 7.96. The number of aromatic nitrogens is 1. The first-order valence-electron chi connectivity index (χ1n) is 17.3. The maximum absolute atomic E-state index is 13.4. The van der Waals surface area contributed by atoms with Crippen molar-refractivity contribution < 1.29 is 33.8 Å². The van der Waals surface area contributed by atoms with Gasteiger partial charge in [0.25, 0.3) is 17.7 Å². The molecule has 0 bridgehead atoms. The van der Waals surface area contributed by atoms with Gasteiger partial charge in [0, 0.05) is 48.7 Å². The number of anilines is 2. The Kier molecular flexibility index (Phi) is 8.73. The van der Waals surface area contributed by atoms with Crippen molar-refractivity contribution in [3.05, 3.63) is 107 Å². The number of rotatable bonds is 9. The molecule has 4 N–H and O–H groups in total. The van der Waals surface area contributed by atoms with Gasteiger partial charge >= 0.3 is 0 Å². The third-order valence-corrected chi connectivity index (χ3v) is 10.4. The number of carbonyl (C=O) groups excluding carboxylic acids is 5. The summed E-state index contributed by atoms with van der Waals surface area (Å²) < 4.78 is 5.77. The summed E-state index contributed by atoms with van der Waals surface area (Å²) in [6, 6.07) is 21.3. The lowest BCUT2D eigenvalue weighted by Crippen LogP contribution is -2.54. The third kappa shape index (κ3) is 6.07. The molecular formula is C39H36N6O7. The van der Waals surface area contributed by atoms with E-state index in [9.17, 15) is 29.1 Å². The second-order valence-electron chi connectivity index (χ2n) is 13.5. The molecule has 52 heavy (non-hydrogen) atoms. The largest absolute Gasteiger partial charge is 0.483 e. The van der Waals surface area contributed by atoms with Gasteiger partial charge in [-0.3, -0.25) is 44.1 Å². The Morgan fingerprint density at radius 1 is 0.942 bits per heavy atom. The van der Waals surface area contributed by atoms with Crippen molar-refractivity contribution in [1.82, 2.24) is 20.1 Å². The van der Waals surface area contributed by atoms with Crippen molar-refractivity contribution in [3.8, 4) is 16.9 Å². The molecule has 4 atom stereocenters. The van der Waals surface area contributed by atoms with Crippen molar-refractivity contribution in [3.63, 3.8) is 0 Å². The molecular weight excluding hydrogens is 664 g/mol. The number of nitrogens with one attached hydrogen (secondary N) is 3. The Morgan fingerprint density at radius 2 is 1.75 bits per heavy atom. The van der Waals surface area contributed by atoms with Crippen LogP contribution in [-0.4, -0.2) is 81.3 Å². The van der Waals surface area contributed by atoms with Crippen molar-refractivity contribution in [1.29, 1.82) is 0 Å². The second-order valence-corrected chi connectivity index (χ2v) is 13.5. The van der Waals surface area contributed by atoms with Crippen LogP contribution in [0.5, 0.6) is 5.75 Å². The van der Waals surface area contributed by atoms with Crippen LogP contribution in [0.4, 0.5) is 11.4 Å². The topological polar surface area (TPSA) is 170 Å². The summed E-state index contributed by atoms with van der Waals surface area (Å²) in [5.74, 6) is -2.71. The molecule has 13 nitrogen and oxygen atoms in total. The summed E-state index contributed by atoms with van der Waals surface area (Å²) in [6.45, 7) is 1.31. The van der Waals surface area contributed by atoms with Crippen LogP contribution in [0.2, 0.25) is 0 Å². The number of fused-ring (bicyclic) bond motifs is 4. The number of imide groups is 2. The first-order valence-corrected chi connectivity index (χ1v) is 17.3. The van der Waals surface area contributed by atoms with E-state index in [1.54, 1.807) is 24.5 Å². The molecule has 4 aliphatic rings. The molecule has 0 aliphatic carbocycles. The predicted octanol–water partition coefficient (Wildman–Crippen LogP) is 3.52. The van der Waals surface area contributed by atoms with Crippen LogP contribution in [0, 0.1) is 5.92 Å². The Hall–Kier alpha value is -5.92. The number of aliphatic hydroxyl groups is 1. The fraction of sp³-hybridized carbons (Fsp3) is 0.282. The lowest BCUT2D eigenvalue weighted by atomic mass is 9.82. The van der Waals surface area contributed by atoms with Crippen LogP contribution in [0.3, 0.4) is 0 Å². The first kappa shape index (κ1) is 33.2. The Bertz CT molecular complexity index is 2110. The number of pyridine rings is 1. The maximum atomic E-state index is 13.4. The number of ether oxygens (including phenoxy) is 1. The van der Waals surface area contributed by atoms with Gasteiger partial charge in [0.05, 0.1) is 23.8 Å². The zero-order valence-corrected chi connectivity index (χ0v) is 28.1. The molecule has 2 saturated heterocycles. The quantitative estimate of drug-likeness (QED) is 0.190. The molecule has 0 radical (unpaired) electrons. The third-order valence-electron chi connectivity index (χ3n) is 10.4. The zero-order valence-electron chi connectivity index (χ0n) is 28.1. The van der Waals surface area contributed by atoms with Gasteiger partial charge in [-0.25, -0.2) is 0 Å². The number of hydrogen-bond donors (Lipinski definition) is 4. The first-order chi connectivity index (χ1) is 25.3. The van der Waals surface area contributed by atoms with Gasteiger partial charge in [0.15, 0.2) is 6.61 Å². The van der Waals surface area contributed by atoms with E-state index in [2.05, 4.69) is 38.0 Å². The summed E-state index contributed by atoms with van der Waals surface area (Å²) >= 11 is 0. The molecule has 1 aromatic heterocycles. The minimum atomic E-state index is -1.11. The molecule has 3 aromatic carbocycles. The number of nitrogens with zero attached hydrogens (tertiary/aromatic N) is 3. The van der Waals surface area contributed by atoms with Gasteiger partial charge in [-0.15, -0.1) is 0 Å². The summed E-state index contributed by atoms with van der Waals surface area (Å²) in [4.78, 5) is 71.2. The molecule has 8 rings (SSSR count). The Morgan fingerprint density at radius 3 is 2.56 bits per heavy atom. The van der Waals surface area contributed by atoms with Crippen LogP contribution in [0.15, 0.2) is 85.2 Å². The normalized spacial score (nSPS) is 22.3. The molecule has 4 aliphatic heterocycles. The maximum Gasteiger partial charge on any atom is 0.266 e. The Balaban J connectivity index is 0.969. The standard InChI is InChI=1S/C39H36N6O7/c46-20-30-26-13-16-44(19-22-11-14-40-15-12-22)36(26)28-18-24(7-8-29(28)42-30)23-3-1-4-25(17-23)41-34(48)21-52-32-6-2-5-27-35(32)39(51)45(38(27)50)31-9-10-33(47)43-37(31)49/h1-8,11-12,14-15,17-18,26,30-31,36,42,46H,9-10,13,16,19-21H2,(H,41,48)(H,43,47,49)/t26-,30-,31?,36-/m1/s1. The molecule has 13 heteroatoms. The number of benzene rings is 3. The number of carbonyl (C=O) groups is 5. The molecule has 0 saturated carbocycles. The highest BCUT2D eigenvalue weighted by Gasteiger charge is 2.46. The molecule has 1 unspecified atom stereocenters. The van der Waals surface area contributed by atoms with Gasteiger partial charge in [-0.05, 0) is 90.2 Å². The zero-order chi connectivity index (χ0) is 35.9. The lowest BCUT2D eigenvalue weighted by Gasteiger charge is -2.39. The van der Waals surface area contributed by atoms with E-state index in [0.717, 1.165) is 41.2 Å². The van der Waals surface area contributed by atoms with Gasteiger partial charge in [-0.2, -0.15) is 0 Å². The smallest absolute Gasteiger partial charge is 0.266 e. The minimum absolute atomic E-state index is 0.00978. The van der Waals surface area contributed by atoms with E-state index < -0.39 is 42.2 Å². The highest BCUT2D eigenvalue weighted by Crippen LogP contribution is 2.48. The molecule has 2 fully saturated rings. The van der Waals surface area contributed by atoms with E-state index in [4.69, 9.17) is 4.74 Å². The number of hydrogen-bond acceptors (Lipinski definition) is 10. The summed E-state index contributed by atoms with van der Waals surface area (Å²) in [5, 5.41) is 18.8. The van der Waals surface area contributed by atoms with Crippen molar-refractivity contribution >= 4 is 40.9 Å². The van der Waals surface area contributed by atoms with Crippen LogP contribution in [0.1, 0.15) is 57.1 Å². The summed E-state index contributed by atoms with van der Waals surface area (Å²) in [5.41, 5.74) is 5.83. The Labute approximate surface area is 299 Å². The highest BCUT2D eigenvalue weighted by atomic mass is 16.5. The van der Waals surface area contributed by atoms with E-state index in [1.165, 1.54) is 23.3 Å². The number of piperidine rings is 1. The minimum Gasteiger partial charge on any atom is -0.483 e. The molecule has 264 valence electrons. The predicted molar refractivity (Wildman–Crippen MR) is 189 cm³/mol. The highest BCUT2D eigenvalue weighted by molar-refractivity contribution is 6.24. The van der Waals surface area contributed by atoms with Gasteiger partial charge in [0.1, 0.15) is 11.8 Å². The molecule has 5 heterocycles. The molecule has 4 aromatic rings. The van der Waals surface area contributed by atoms with Crippen LogP contribution in [-0.2, 0) is 20.9 Å². The van der Waals surface area contributed by atoms with Gasteiger partial charge in [0.2, 0.25) is 11.8 Å². The van der Waals surface area contributed by atoms with Crippen molar-refractivity contribution in [2.75, 3.05) is 30.4 Å². The van der Waals surface area contributed by atoms with E-state index >= 15 is 0 Å². The average molecular weight is 701 g/mol. The van der Waals surface area contributed by atoms with Crippen LogP contribution in [0.25, 0.3) is 11.1 Å². The number of aliphatic hydroxyl groups excluding tert-OH is 1. The summed E-state index contributed by atoms with van der Waals surface area (Å²) in [7, 11) is 0. The van der Waals surface area contributed by atoms with Crippen LogP contribution >= 0.6 is 0 Å². The van der Waals surface area contributed by atoms with Crippen molar-refractivity contribution in [2.45, 2.75) is 43.9 Å².